The average Bonchev–Trinajstić information content (AvgIpc) is 2.65. The van der Waals surface area contributed by atoms with Crippen molar-refractivity contribution in [3.05, 3.63) is 93.9 Å². The molecule has 27 heavy (non-hydrogen) atoms. The van der Waals surface area contributed by atoms with Gasteiger partial charge in [0.05, 0.1) is 5.56 Å². The molecule has 0 fully saturated rings. The molecule has 1 heterocycles. The van der Waals surface area contributed by atoms with Gasteiger partial charge in [0.25, 0.3) is 5.56 Å². The maximum absolute atomic E-state index is 13.3. The molecule has 2 aromatic carbocycles. The number of phenols is 1. The molecule has 1 N–H and O–H groups in total. The Morgan fingerprint density at radius 2 is 1.78 bits per heavy atom. The van der Waals surface area contributed by atoms with Crippen LogP contribution in [-0.4, -0.2) is 14.7 Å². The van der Waals surface area contributed by atoms with Gasteiger partial charge in [-0.05, 0) is 38.0 Å². The van der Waals surface area contributed by atoms with E-state index in [0.29, 0.717) is 42.0 Å². The predicted molar refractivity (Wildman–Crippen MR) is 109 cm³/mol. The Morgan fingerprint density at radius 1 is 1.11 bits per heavy atom. The van der Waals surface area contributed by atoms with E-state index in [0.717, 1.165) is 11.1 Å². The lowest BCUT2D eigenvalue weighted by atomic mass is 10.1. The molecule has 138 valence electrons. The highest BCUT2D eigenvalue weighted by Crippen LogP contribution is 2.27. The summed E-state index contributed by atoms with van der Waals surface area (Å²) >= 11 is 0. The van der Waals surface area contributed by atoms with Gasteiger partial charge in [-0.15, -0.1) is 0 Å². The van der Waals surface area contributed by atoms with Crippen molar-refractivity contribution < 1.29 is 5.11 Å². The Bertz CT molecular complexity index is 1020. The van der Waals surface area contributed by atoms with Gasteiger partial charge in [0.2, 0.25) is 0 Å². The molecule has 0 spiro atoms. The first-order valence-electron chi connectivity index (χ1n) is 9.04. The van der Waals surface area contributed by atoms with Crippen LogP contribution in [0.1, 0.15) is 23.7 Å². The molecule has 0 atom stereocenters. The van der Waals surface area contributed by atoms with Crippen molar-refractivity contribution in [2.75, 3.05) is 0 Å². The lowest BCUT2D eigenvalue weighted by Gasteiger charge is -2.17. The van der Waals surface area contributed by atoms with Gasteiger partial charge in [0.15, 0.2) is 0 Å². The molecule has 1 aromatic heterocycles. The Balaban J connectivity index is 2.12. The second-order valence-electron chi connectivity index (χ2n) is 6.84. The number of para-hydroxylation sites is 1. The third kappa shape index (κ3) is 4.17. The quantitative estimate of drug-likeness (QED) is 0.667. The Labute approximate surface area is 159 Å². The third-order valence-electron chi connectivity index (χ3n) is 4.56. The number of hydrogen-bond acceptors (Lipinski definition) is 3. The highest BCUT2D eigenvalue weighted by molar-refractivity contribution is 5.64. The molecule has 0 saturated carbocycles. The van der Waals surface area contributed by atoms with E-state index >= 15 is 0 Å². The topological polar surface area (TPSA) is 55.1 Å². The van der Waals surface area contributed by atoms with Crippen LogP contribution in [0.4, 0.5) is 0 Å². The number of benzene rings is 2. The lowest BCUT2D eigenvalue weighted by molar-refractivity contribution is 0.476. The van der Waals surface area contributed by atoms with Crippen LogP contribution in [0, 0.1) is 6.92 Å². The van der Waals surface area contributed by atoms with Crippen LogP contribution in [0.25, 0.3) is 11.4 Å². The number of aryl methyl sites for hydroxylation is 2. The molecule has 0 amide bonds. The van der Waals surface area contributed by atoms with Crippen LogP contribution >= 0.6 is 0 Å². The number of aromatic nitrogens is 2. The van der Waals surface area contributed by atoms with Gasteiger partial charge in [-0.1, -0.05) is 54.6 Å². The Morgan fingerprint density at radius 3 is 2.44 bits per heavy atom. The number of aromatic hydroxyl groups is 1. The van der Waals surface area contributed by atoms with Crippen molar-refractivity contribution in [3.63, 3.8) is 0 Å². The minimum Gasteiger partial charge on any atom is -0.507 e. The van der Waals surface area contributed by atoms with E-state index in [1.165, 1.54) is 0 Å². The first kappa shape index (κ1) is 18.6. The van der Waals surface area contributed by atoms with E-state index in [-0.39, 0.29) is 11.3 Å². The van der Waals surface area contributed by atoms with Gasteiger partial charge in [0.1, 0.15) is 11.6 Å². The van der Waals surface area contributed by atoms with Gasteiger partial charge in [-0.3, -0.25) is 9.36 Å². The zero-order valence-corrected chi connectivity index (χ0v) is 15.8. The van der Waals surface area contributed by atoms with Crippen LogP contribution in [0.2, 0.25) is 0 Å². The first-order valence-corrected chi connectivity index (χ1v) is 9.04. The predicted octanol–water partition coefficient (Wildman–Crippen LogP) is 4.29. The fraction of sp³-hybridized carbons (Fsp3) is 0.217. The van der Waals surface area contributed by atoms with Crippen molar-refractivity contribution in [2.24, 2.45) is 0 Å². The van der Waals surface area contributed by atoms with Crippen LogP contribution in [0.3, 0.4) is 0 Å². The van der Waals surface area contributed by atoms with E-state index in [9.17, 15) is 9.90 Å². The summed E-state index contributed by atoms with van der Waals surface area (Å²) in [6.45, 7) is 8.17. The summed E-state index contributed by atoms with van der Waals surface area (Å²) in [5.74, 6) is 0.613. The van der Waals surface area contributed by atoms with Crippen LogP contribution < -0.4 is 5.56 Å². The molecule has 4 nitrogen and oxygen atoms in total. The molecular formula is C23H24N2O2. The average molecular weight is 360 g/mol. The normalized spacial score (nSPS) is 10.7. The minimum atomic E-state index is -0.0697. The third-order valence-corrected chi connectivity index (χ3v) is 4.56. The Kier molecular flexibility index (Phi) is 5.55. The van der Waals surface area contributed by atoms with Gasteiger partial charge < -0.3 is 5.11 Å². The summed E-state index contributed by atoms with van der Waals surface area (Å²) in [5, 5.41) is 10.3. The standard InChI is InChI=1S/C23H24N2O2/c1-16(2)15-20-17(3)24-22(19-11-7-8-12-21(19)26)25(23(20)27)14-13-18-9-5-4-6-10-18/h4-12,26H,1,13-15H2,2-3H3. The molecule has 0 aliphatic carbocycles. The maximum Gasteiger partial charge on any atom is 0.257 e. The van der Waals surface area contributed by atoms with E-state index in [2.05, 4.69) is 6.58 Å². The van der Waals surface area contributed by atoms with Crippen molar-refractivity contribution in [2.45, 2.75) is 33.2 Å². The van der Waals surface area contributed by atoms with Gasteiger partial charge >= 0.3 is 0 Å². The fourth-order valence-electron chi connectivity index (χ4n) is 3.17. The lowest BCUT2D eigenvalue weighted by Crippen LogP contribution is -2.29. The summed E-state index contributed by atoms with van der Waals surface area (Å²) in [6.07, 6.45) is 1.21. The smallest absolute Gasteiger partial charge is 0.257 e. The molecule has 0 bridgehead atoms. The van der Waals surface area contributed by atoms with Crippen LogP contribution in [0.15, 0.2) is 71.5 Å². The number of allylic oxidation sites excluding steroid dienone is 1. The summed E-state index contributed by atoms with van der Waals surface area (Å²) in [4.78, 5) is 17.9. The number of rotatable bonds is 6. The zero-order chi connectivity index (χ0) is 19.4. The second-order valence-corrected chi connectivity index (χ2v) is 6.84. The van der Waals surface area contributed by atoms with Crippen LogP contribution in [-0.2, 0) is 19.4 Å². The second kappa shape index (κ2) is 8.04. The molecule has 3 rings (SSSR count). The molecule has 0 aliphatic heterocycles. The van der Waals surface area contributed by atoms with E-state index in [1.54, 1.807) is 22.8 Å². The molecule has 3 aromatic rings. The van der Waals surface area contributed by atoms with Crippen molar-refractivity contribution >= 4 is 0 Å². The molecule has 0 radical (unpaired) electrons. The fourth-order valence-corrected chi connectivity index (χ4v) is 3.17. The minimum absolute atomic E-state index is 0.0697. The van der Waals surface area contributed by atoms with E-state index in [4.69, 9.17) is 4.98 Å². The maximum atomic E-state index is 13.3. The van der Waals surface area contributed by atoms with E-state index < -0.39 is 0 Å². The molecule has 0 saturated heterocycles. The monoisotopic (exact) mass is 360 g/mol. The number of nitrogens with zero attached hydrogens (tertiary/aromatic N) is 2. The Hall–Kier alpha value is -3.14. The van der Waals surface area contributed by atoms with Crippen LogP contribution in [0.5, 0.6) is 5.75 Å². The molecule has 4 heteroatoms. The number of hydrogen-bond donors (Lipinski definition) is 1. The SMILES string of the molecule is C=C(C)Cc1c(C)nc(-c2ccccc2O)n(CCc2ccccc2)c1=O. The number of phenolic OH excluding ortho intramolecular Hbond substituents is 1. The largest absolute Gasteiger partial charge is 0.507 e. The summed E-state index contributed by atoms with van der Waals surface area (Å²) in [5.41, 5.74) is 3.90. The van der Waals surface area contributed by atoms with E-state index in [1.807, 2.05) is 50.2 Å². The van der Waals surface area contributed by atoms with Crippen molar-refractivity contribution in [1.29, 1.82) is 0 Å². The van der Waals surface area contributed by atoms with Gasteiger partial charge in [-0.2, -0.15) is 0 Å². The van der Waals surface area contributed by atoms with Gasteiger partial charge in [-0.25, -0.2) is 4.98 Å². The van der Waals surface area contributed by atoms with Gasteiger partial charge in [0, 0.05) is 24.2 Å². The highest BCUT2D eigenvalue weighted by atomic mass is 16.3. The van der Waals surface area contributed by atoms with Crippen molar-refractivity contribution in [3.8, 4) is 17.1 Å². The summed E-state index contributed by atoms with van der Waals surface area (Å²) in [7, 11) is 0. The van der Waals surface area contributed by atoms with Crippen molar-refractivity contribution in [1.82, 2.24) is 9.55 Å². The molecule has 0 aliphatic rings. The zero-order valence-electron chi connectivity index (χ0n) is 15.8. The molecule has 0 unspecified atom stereocenters. The highest BCUT2D eigenvalue weighted by Gasteiger charge is 2.17. The summed E-state index contributed by atoms with van der Waals surface area (Å²) in [6, 6.07) is 17.0. The first-order chi connectivity index (χ1) is 13.0. The summed E-state index contributed by atoms with van der Waals surface area (Å²) < 4.78 is 1.67. The molecular weight excluding hydrogens is 336 g/mol.